The average molecular weight is 507 g/mol. The summed E-state index contributed by atoms with van der Waals surface area (Å²) in [5.74, 6) is 1.87. The maximum Gasteiger partial charge on any atom is 0.286 e. The summed E-state index contributed by atoms with van der Waals surface area (Å²) < 4.78 is 16.3. The van der Waals surface area contributed by atoms with Crippen LogP contribution in [0.2, 0.25) is 0 Å². The number of imide groups is 1. The lowest BCUT2D eigenvalue weighted by Gasteiger charge is -2.26. The molecule has 36 heavy (non-hydrogen) atoms. The molecule has 3 aromatic rings. The highest BCUT2D eigenvalue weighted by Gasteiger charge is 2.31. The van der Waals surface area contributed by atoms with Gasteiger partial charge < -0.3 is 14.2 Å². The minimum absolute atomic E-state index is 0.0199. The maximum atomic E-state index is 12.1. The van der Waals surface area contributed by atoms with Gasteiger partial charge >= 0.3 is 0 Å². The van der Waals surface area contributed by atoms with Crippen molar-refractivity contribution >= 4 is 22.9 Å². The van der Waals surface area contributed by atoms with Crippen LogP contribution in [0.1, 0.15) is 41.3 Å². The van der Waals surface area contributed by atoms with Gasteiger partial charge in [-0.3, -0.25) is 20.2 Å². The third kappa shape index (κ3) is 5.83. The SMILES string of the molecule is COc1ccc(C(C)NC(c2cccc(CC3SC(=O)NC3=O)c2)c2ccc(OC)c(OC)c2)cc1. The Morgan fingerprint density at radius 1 is 0.861 bits per heavy atom. The van der Waals surface area contributed by atoms with E-state index in [2.05, 4.69) is 29.7 Å². The van der Waals surface area contributed by atoms with Gasteiger partial charge in [0.15, 0.2) is 11.5 Å². The van der Waals surface area contributed by atoms with E-state index < -0.39 is 5.25 Å². The summed E-state index contributed by atoms with van der Waals surface area (Å²) in [7, 11) is 4.89. The number of thioether (sulfide) groups is 1. The van der Waals surface area contributed by atoms with Crippen LogP contribution in [0.4, 0.5) is 4.79 Å². The molecule has 1 heterocycles. The summed E-state index contributed by atoms with van der Waals surface area (Å²) in [5.41, 5.74) is 4.15. The highest BCUT2D eigenvalue weighted by molar-refractivity contribution is 8.15. The number of ether oxygens (including phenoxy) is 3. The van der Waals surface area contributed by atoms with Crippen molar-refractivity contribution in [1.29, 1.82) is 0 Å². The second-order valence-electron chi connectivity index (χ2n) is 8.54. The van der Waals surface area contributed by atoms with Crippen LogP contribution in [0.3, 0.4) is 0 Å². The third-order valence-electron chi connectivity index (χ3n) is 6.25. The maximum absolute atomic E-state index is 12.1. The van der Waals surface area contributed by atoms with E-state index in [9.17, 15) is 9.59 Å². The predicted octanol–water partition coefficient (Wildman–Crippen LogP) is 5.05. The van der Waals surface area contributed by atoms with E-state index in [4.69, 9.17) is 14.2 Å². The summed E-state index contributed by atoms with van der Waals surface area (Å²) >= 11 is 1.04. The van der Waals surface area contributed by atoms with E-state index >= 15 is 0 Å². The molecule has 4 rings (SSSR count). The molecule has 1 fully saturated rings. The Bertz CT molecular complexity index is 1230. The highest BCUT2D eigenvalue weighted by Crippen LogP contribution is 2.34. The lowest BCUT2D eigenvalue weighted by atomic mass is 9.94. The van der Waals surface area contributed by atoms with Crippen molar-refractivity contribution in [2.75, 3.05) is 21.3 Å². The zero-order valence-electron chi connectivity index (χ0n) is 20.7. The topological polar surface area (TPSA) is 85.9 Å². The van der Waals surface area contributed by atoms with Crippen molar-refractivity contribution in [3.8, 4) is 17.2 Å². The largest absolute Gasteiger partial charge is 0.497 e. The molecule has 0 aliphatic carbocycles. The van der Waals surface area contributed by atoms with Gasteiger partial charge in [0.25, 0.3) is 5.24 Å². The Balaban J connectivity index is 1.67. The quantitative estimate of drug-likeness (QED) is 0.398. The Morgan fingerprint density at radius 3 is 2.19 bits per heavy atom. The number of methoxy groups -OCH3 is 3. The normalized spacial score (nSPS) is 16.8. The first-order chi connectivity index (χ1) is 17.4. The van der Waals surface area contributed by atoms with Crippen LogP contribution in [0, 0.1) is 0 Å². The standard InChI is InChI=1S/C28H30N2O5S/c1-17(19-8-11-22(33-2)12-9-19)29-26(21-10-13-23(34-3)24(16-21)35-4)20-7-5-6-18(14-20)15-25-27(31)30-28(32)36-25/h5-14,16-17,25-26,29H,15H2,1-4H3,(H,30,31,32). The molecule has 188 valence electrons. The fraction of sp³-hybridized carbons (Fsp3) is 0.286. The van der Waals surface area contributed by atoms with Crippen LogP contribution in [-0.4, -0.2) is 37.7 Å². The highest BCUT2D eigenvalue weighted by atomic mass is 32.2. The van der Waals surface area contributed by atoms with Crippen molar-refractivity contribution in [1.82, 2.24) is 10.6 Å². The zero-order chi connectivity index (χ0) is 25.7. The molecule has 1 saturated heterocycles. The molecular formula is C28H30N2O5S. The fourth-order valence-electron chi connectivity index (χ4n) is 4.30. The lowest BCUT2D eigenvalue weighted by Crippen LogP contribution is -2.26. The first-order valence-electron chi connectivity index (χ1n) is 11.6. The Labute approximate surface area is 215 Å². The monoisotopic (exact) mass is 506 g/mol. The number of carbonyl (C=O) groups is 2. The predicted molar refractivity (Wildman–Crippen MR) is 141 cm³/mol. The average Bonchev–Trinajstić information content (AvgIpc) is 3.22. The van der Waals surface area contributed by atoms with E-state index in [1.54, 1.807) is 21.3 Å². The fourth-order valence-corrected chi connectivity index (χ4v) is 5.16. The second-order valence-corrected chi connectivity index (χ2v) is 9.72. The Hall–Kier alpha value is -3.49. The first-order valence-corrected chi connectivity index (χ1v) is 12.5. The van der Waals surface area contributed by atoms with Crippen molar-refractivity contribution in [3.05, 3.63) is 89.0 Å². The molecule has 3 unspecified atom stereocenters. The molecule has 1 aliphatic heterocycles. The molecule has 8 heteroatoms. The van der Waals surface area contributed by atoms with Gasteiger partial charge in [-0.15, -0.1) is 0 Å². The number of carbonyl (C=O) groups excluding carboxylic acids is 2. The minimum Gasteiger partial charge on any atom is -0.497 e. The Kier molecular flexibility index (Phi) is 8.18. The lowest BCUT2D eigenvalue weighted by molar-refractivity contribution is -0.118. The number of nitrogens with one attached hydrogen (secondary N) is 2. The zero-order valence-corrected chi connectivity index (χ0v) is 21.6. The number of benzene rings is 3. The first kappa shape index (κ1) is 25.6. The number of hydrogen-bond donors (Lipinski definition) is 2. The molecule has 2 N–H and O–H groups in total. The van der Waals surface area contributed by atoms with E-state index in [0.717, 1.165) is 39.8 Å². The molecule has 0 bridgehead atoms. The van der Waals surface area contributed by atoms with Gasteiger partial charge in [0, 0.05) is 6.04 Å². The number of rotatable bonds is 10. The number of hydrogen-bond acceptors (Lipinski definition) is 7. The van der Waals surface area contributed by atoms with Gasteiger partial charge in [-0.1, -0.05) is 54.2 Å². The van der Waals surface area contributed by atoms with Crippen LogP contribution in [0.5, 0.6) is 17.2 Å². The molecule has 0 radical (unpaired) electrons. The summed E-state index contributed by atoms with van der Waals surface area (Å²) in [4.78, 5) is 23.7. The third-order valence-corrected chi connectivity index (χ3v) is 7.23. The molecule has 7 nitrogen and oxygen atoms in total. The molecule has 1 aliphatic rings. The van der Waals surface area contributed by atoms with E-state index in [0.29, 0.717) is 17.9 Å². The molecule has 0 aromatic heterocycles. The summed E-state index contributed by atoms with van der Waals surface area (Å²) in [6.07, 6.45) is 0.475. The molecular weight excluding hydrogens is 476 g/mol. The molecule has 3 aromatic carbocycles. The van der Waals surface area contributed by atoms with Crippen LogP contribution >= 0.6 is 11.8 Å². The van der Waals surface area contributed by atoms with Gasteiger partial charge in [-0.25, -0.2) is 0 Å². The number of amides is 2. The second kappa shape index (κ2) is 11.5. The summed E-state index contributed by atoms with van der Waals surface area (Å²) in [6.45, 7) is 2.12. The Morgan fingerprint density at radius 2 is 1.56 bits per heavy atom. The van der Waals surface area contributed by atoms with Crippen LogP contribution in [-0.2, 0) is 11.2 Å². The van der Waals surface area contributed by atoms with Gasteiger partial charge in [0.1, 0.15) is 5.75 Å². The van der Waals surface area contributed by atoms with Crippen molar-refractivity contribution in [2.45, 2.75) is 30.7 Å². The van der Waals surface area contributed by atoms with E-state index in [-0.39, 0.29) is 23.2 Å². The van der Waals surface area contributed by atoms with E-state index in [1.165, 1.54) is 0 Å². The summed E-state index contributed by atoms with van der Waals surface area (Å²) in [6, 6.07) is 21.9. The molecule has 2 amide bonds. The van der Waals surface area contributed by atoms with Gasteiger partial charge in [0.05, 0.1) is 32.6 Å². The van der Waals surface area contributed by atoms with Gasteiger partial charge in [-0.05, 0) is 59.9 Å². The van der Waals surface area contributed by atoms with Crippen LogP contribution in [0.15, 0.2) is 66.7 Å². The molecule has 0 saturated carbocycles. The molecule has 3 atom stereocenters. The molecule has 0 spiro atoms. The van der Waals surface area contributed by atoms with Crippen LogP contribution in [0.25, 0.3) is 0 Å². The van der Waals surface area contributed by atoms with Crippen molar-refractivity contribution < 1.29 is 23.8 Å². The smallest absolute Gasteiger partial charge is 0.286 e. The van der Waals surface area contributed by atoms with Gasteiger partial charge in [-0.2, -0.15) is 0 Å². The minimum atomic E-state index is -0.418. The summed E-state index contributed by atoms with van der Waals surface area (Å²) in [5, 5.41) is 5.41. The van der Waals surface area contributed by atoms with E-state index in [1.807, 2.05) is 54.6 Å². The van der Waals surface area contributed by atoms with Gasteiger partial charge in [0.2, 0.25) is 5.91 Å². The van der Waals surface area contributed by atoms with Crippen molar-refractivity contribution in [2.24, 2.45) is 0 Å². The van der Waals surface area contributed by atoms with Crippen LogP contribution < -0.4 is 24.8 Å². The van der Waals surface area contributed by atoms with Crippen molar-refractivity contribution in [3.63, 3.8) is 0 Å².